The summed E-state index contributed by atoms with van der Waals surface area (Å²) in [4.78, 5) is 39.9. The lowest BCUT2D eigenvalue weighted by molar-refractivity contribution is -0.384. The molecule has 2 N–H and O–H groups in total. The Labute approximate surface area is 193 Å². The largest absolute Gasteiger partial charge is 0.352 e. The molecule has 0 saturated heterocycles. The van der Waals surface area contributed by atoms with Crippen LogP contribution in [0.2, 0.25) is 5.02 Å². The summed E-state index contributed by atoms with van der Waals surface area (Å²) in [5.41, 5.74) is 1.52. The van der Waals surface area contributed by atoms with E-state index in [1.807, 2.05) is 12.3 Å². The number of halogens is 1. The number of rotatable bonds is 9. The van der Waals surface area contributed by atoms with E-state index in [9.17, 15) is 19.7 Å². The standard InChI is InChI=1S/C22H21ClN4O4S/c1-14-13-32-20(25-14)8-4-5-11-24-21(28)17-6-2-3-7-19(17)26-22(29)16-10-9-15(27(30)31)12-18(16)23/h2-3,6-7,9-10,12-13H,4-5,8,11H2,1H3,(H,24,28)(H,26,29). The topological polar surface area (TPSA) is 114 Å². The number of nitrogens with zero attached hydrogens (tertiary/aromatic N) is 2. The fourth-order valence-electron chi connectivity index (χ4n) is 3.00. The van der Waals surface area contributed by atoms with Crippen molar-refractivity contribution in [3.63, 3.8) is 0 Å². The Kier molecular flexibility index (Phi) is 7.91. The molecule has 0 aliphatic rings. The first-order chi connectivity index (χ1) is 15.3. The predicted octanol–water partition coefficient (Wildman–Crippen LogP) is 5.02. The molecular formula is C22H21ClN4O4S. The third-order valence-corrected chi connectivity index (χ3v) is 5.94. The molecule has 0 aliphatic heterocycles. The highest BCUT2D eigenvalue weighted by molar-refractivity contribution is 7.09. The number of unbranched alkanes of at least 4 members (excludes halogenated alkanes) is 1. The lowest BCUT2D eigenvalue weighted by Gasteiger charge is -2.12. The number of aromatic nitrogens is 1. The van der Waals surface area contributed by atoms with Crippen molar-refractivity contribution >= 4 is 46.1 Å². The molecule has 0 saturated carbocycles. The van der Waals surface area contributed by atoms with Gasteiger partial charge in [0.05, 0.1) is 31.8 Å². The highest BCUT2D eigenvalue weighted by Gasteiger charge is 2.18. The maximum atomic E-state index is 12.6. The predicted molar refractivity (Wildman–Crippen MR) is 125 cm³/mol. The normalized spacial score (nSPS) is 10.6. The zero-order valence-electron chi connectivity index (χ0n) is 17.3. The van der Waals surface area contributed by atoms with E-state index in [1.165, 1.54) is 12.1 Å². The van der Waals surface area contributed by atoms with Gasteiger partial charge < -0.3 is 10.6 Å². The van der Waals surface area contributed by atoms with Crippen molar-refractivity contribution < 1.29 is 14.5 Å². The van der Waals surface area contributed by atoms with Crippen molar-refractivity contribution in [3.05, 3.63) is 84.8 Å². The number of anilines is 1. The Hall–Kier alpha value is -3.30. The van der Waals surface area contributed by atoms with Gasteiger partial charge in [0.2, 0.25) is 0 Å². The average molecular weight is 473 g/mol. The summed E-state index contributed by atoms with van der Waals surface area (Å²) in [6, 6.07) is 10.2. The number of nitro benzene ring substituents is 1. The number of amides is 2. The van der Waals surface area contributed by atoms with Gasteiger partial charge in [0.15, 0.2) is 0 Å². The van der Waals surface area contributed by atoms with Crippen molar-refractivity contribution in [2.24, 2.45) is 0 Å². The number of benzene rings is 2. The van der Waals surface area contributed by atoms with Gasteiger partial charge in [-0.1, -0.05) is 23.7 Å². The molecule has 3 aromatic rings. The van der Waals surface area contributed by atoms with Gasteiger partial charge in [0, 0.05) is 29.8 Å². The molecule has 0 unspecified atom stereocenters. The number of nitrogens with one attached hydrogen (secondary N) is 2. The maximum Gasteiger partial charge on any atom is 0.270 e. The molecule has 2 aromatic carbocycles. The van der Waals surface area contributed by atoms with E-state index in [0.29, 0.717) is 17.8 Å². The minimum absolute atomic E-state index is 0.0472. The maximum absolute atomic E-state index is 12.6. The molecule has 10 heteroatoms. The Morgan fingerprint density at radius 1 is 1.12 bits per heavy atom. The first-order valence-corrected chi connectivity index (χ1v) is 11.1. The molecule has 0 aliphatic carbocycles. The van der Waals surface area contributed by atoms with Crippen molar-refractivity contribution in [1.29, 1.82) is 0 Å². The Morgan fingerprint density at radius 3 is 2.59 bits per heavy atom. The van der Waals surface area contributed by atoms with E-state index >= 15 is 0 Å². The molecule has 0 radical (unpaired) electrons. The number of hydrogen-bond acceptors (Lipinski definition) is 6. The molecule has 2 amide bonds. The van der Waals surface area contributed by atoms with Crippen molar-refractivity contribution in [2.45, 2.75) is 26.2 Å². The van der Waals surface area contributed by atoms with Crippen LogP contribution < -0.4 is 10.6 Å². The molecule has 166 valence electrons. The number of carbonyl (C=O) groups is 2. The van der Waals surface area contributed by atoms with Crippen LogP contribution >= 0.6 is 22.9 Å². The second kappa shape index (κ2) is 10.8. The minimum atomic E-state index is -0.592. The summed E-state index contributed by atoms with van der Waals surface area (Å²) in [7, 11) is 0. The molecule has 0 spiro atoms. The van der Waals surface area contributed by atoms with Gasteiger partial charge in [-0.2, -0.15) is 0 Å². The van der Waals surface area contributed by atoms with E-state index in [0.717, 1.165) is 36.0 Å². The number of hydrogen-bond donors (Lipinski definition) is 2. The molecule has 3 rings (SSSR count). The van der Waals surface area contributed by atoms with Crippen LogP contribution in [0.5, 0.6) is 0 Å². The molecule has 0 bridgehead atoms. The third-order valence-electron chi connectivity index (χ3n) is 4.60. The second-order valence-corrected chi connectivity index (χ2v) is 8.37. The molecule has 0 atom stereocenters. The molecule has 8 nitrogen and oxygen atoms in total. The van der Waals surface area contributed by atoms with Crippen LogP contribution in [0.3, 0.4) is 0 Å². The van der Waals surface area contributed by atoms with Crippen LogP contribution in [0.15, 0.2) is 47.8 Å². The summed E-state index contributed by atoms with van der Waals surface area (Å²) in [6.07, 6.45) is 2.58. The van der Waals surface area contributed by atoms with E-state index in [2.05, 4.69) is 15.6 Å². The van der Waals surface area contributed by atoms with Gasteiger partial charge >= 0.3 is 0 Å². The lowest BCUT2D eigenvalue weighted by Crippen LogP contribution is -2.26. The number of nitro groups is 1. The SMILES string of the molecule is Cc1csc(CCCCNC(=O)c2ccccc2NC(=O)c2ccc([N+](=O)[O-])cc2Cl)n1. The van der Waals surface area contributed by atoms with Gasteiger partial charge in [-0.25, -0.2) is 4.98 Å². The Bertz CT molecular complexity index is 1150. The first-order valence-electron chi connectivity index (χ1n) is 9.88. The van der Waals surface area contributed by atoms with Crippen LogP contribution in [0, 0.1) is 17.0 Å². The summed E-state index contributed by atoms with van der Waals surface area (Å²) in [6.45, 7) is 2.46. The summed E-state index contributed by atoms with van der Waals surface area (Å²) >= 11 is 7.67. The summed E-state index contributed by atoms with van der Waals surface area (Å²) < 4.78 is 0. The van der Waals surface area contributed by atoms with Gasteiger partial charge in [-0.05, 0) is 44.4 Å². The fourth-order valence-corrected chi connectivity index (χ4v) is 4.08. The highest BCUT2D eigenvalue weighted by Crippen LogP contribution is 2.24. The second-order valence-electron chi connectivity index (χ2n) is 7.02. The van der Waals surface area contributed by atoms with Gasteiger partial charge in [0.25, 0.3) is 17.5 Å². The first kappa shape index (κ1) is 23.4. The number of thiazole rings is 1. The molecule has 0 fully saturated rings. The number of aryl methyl sites for hydroxylation is 2. The van der Waals surface area contributed by atoms with E-state index in [1.54, 1.807) is 35.6 Å². The van der Waals surface area contributed by atoms with Crippen molar-refractivity contribution in [2.75, 3.05) is 11.9 Å². The van der Waals surface area contributed by atoms with Crippen LogP contribution in [-0.4, -0.2) is 28.3 Å². The van der Waals surface area contributed by atoms with Crippen LogP contribution in [0.1, 0.15) is 44.3 Å². The quantitative estimate of drug-likeness (QED) is 0.258. The van der Waals surface area contributed by atoms with Crippen LogP contribution in [0.25, 0.3) is 0 Å². The fraction of sp³-hybridized carbons (Fsp3) is 0.227. The van der Waals surface area contributed by atoms with E-state index < -0.39 is 10.8 Å². The van der Waals surface area contributed by atoms with Crippen molar-refractivity contribution in [3.8, 4) is 0 Å². The summed E-state index contributed by atoms with van der Waals surface area (Å²) in [5, 5.41) is 19.4. The lowest BCUT2D eigenvalue weighted by atomic mass is 10.1. The van der Waals surface area contributed by atoms with Gasteiger partial charge in [-0.15, -0.1) is 11.3 Å². The third kappa shape index (κ3) is 6.12. The van der Waals surface area contributed by atoms with Gasteiger partial charge in [0.1, 0.15) is 0 Å². The monoisotopic (exact) mass is 472 g/mol. The highest BCUT2D eigenvalue weighted by atomic mass is 35.5. The van der Waals surface area contributed by atoms with Gasteiger partial charge in [-0.3, -0.25) is 19.7 Å². The van der Waals surface area contributed by atoms with Crippen molar-refractivity contribution in [1.82, 2.24) is 10.3 Å². The number of non-ortho nitro benzene ring substituents is 1. The summed E-state index contributed by atoms with van der Waals surface area (Å²) in [5.74, 6) is -0.871. The van der Waals surface area contributed by atoms with E-state index in [4.69, 9.17) is 11.6 Å². The molecule has 32 heavy (non-hydrogen) atoms. The van der Waals surface area contributed by atoms with Crippen LogP contribution in [-0.2, 0) is 6.42 Å². The number of para-hydroxylation sites is 1. The van der Waals surface area contributed by atoms with Crippen LogP contribution in [0.4, 0.5) is 11.4 Å². The number of carbonyl (C=O) groups excluding carboxylic acids is 2. The zero-order chi connectivity index (χ0) is 23.1. The zero-order valence-corrected chi connectivity index (χ0v) is 18.8. The minimum Gasteiger partial charge on any atom is -0.352 e. The Balaban J connectivity index is 1.58. The molecule has 1 aromatic heterocycles. The smallest absolute Gasteiger partial charge is 0.270 e. The molecular weight excluding hydrogens is 452 g/mol. The average Bonchev–Trinajstić information content (AvgIpc) is 3.18. The molecule has 1 heterocycles. The Morgan fingerprint density at radius 2 is 1.91 bits per heavy atom. The van der Waals surface area contributed by atoms with E-state index in [-0.39, 0.29) is 22.2 Å².